The summed E-state index contributed by atoms with van der Waals surface area (Å²) >= 11 is 0. The van der Waals surface area contributed by atoms with Crippen LogP contribution in [0.3, 0.4) is 0 Å². The molecule has 0 unspecified atom stereocenters. The van der Waals surface area contributed by atoms with Crippen molar-refractivity contribution in [2.24, 2.45) is 17.3 Å². The molecular weight excluding hydrogens is 272 g/mol. The van der Waals surface area contributed by atoms with Gasteiger partial charge in [-0.3, -0.25) is 4.79 Å². The first-order valence-corrected chi connectivity index (χ1v) is 7.55. The topological polar surface area (TPSA) is 67.9 Å². The molecule has 1 aliphatic carbocycles. The van der Waals surface area contributed by atoms with Gasteiger partial charge in [0.1, 0.15) is 0 Å². The number of ether oxygens (including phenoxy) is 2. The van der Waals surface area contributed by atoms with Gasteiger partial charge in [-0.15, -0.1) is 0 Å². The molecule has 2 amide bonds. The van der Waals surface area contributed by atoms with E-state index in [-0.39, 0.29) is 24.0 Å². The van der Waals surface area contributed by atoms with Gasteiger partial charge in [-0.1, -0.05) is 6.92 Å². The second kappa shape index (κ2) is 6.22. The molecule has 0 bridgehead atoms. The van der Waals surface area contributed by atoms with Gasteiger partial charge in [-0.05, 0) is 31.6 Å². The Morgan fingerprint density at radius 3 is 2.57 bits per heavy atom. The van der Waals surface area contributed by atoms with Crippen LogP contribution >= 0.6 is 0 Å². The summed E-state index contributed by atoms with van der Waals surface area (Å²) in [4.78, 5) is 26.1. The zero-order valence-corrected chi connectivity index (χ0v) is 13.3. The predicted octanol–water partition coefficient (Wildman–Crippen LogP) is 1.25. The minimum Gasteiger partial charge on any atom is -0.469 e. The number of nitrogens with one attached hydrogen (secondary N) is 1. The van der Waals surface area contributed by atoms with E-state index >= 15 is 0 Å². The number of carbonyl (C=O) groups is 2. The maximum atomic E-state index is 12.4. The third kappa shape index (κ3) is 3.31. The van der Waals surface area contributed by atoms with E-state index in [0.717, 1.165) is 12.8 Å². The molecule has 1 saturated carbocycles. The average Bonchev–Trinajstić information content (AvgIpc) is 3.24. The highest BCUT2D eigenvalue weighted by Gasteiger charge is 2.49. The van der Waals surface area contributed by atoms with E-state index < -0.39 is 5.41 Å². The lowest BCUT2D eigenvalue weighted by atomic mass is 9.81. The van der Waals surface area contributed by atoms with E-state index in [4.69, 9.17) is 9.47 Å². The molecule has 1 heterocycles. The Kier molecular flexibility index (Phi) is 4.76. The van der Waals surface area contributed by atoms with E-state index in [1.807, 2.05) is 13.8 Å². The third-order valence-electron chi connectivity index (χ3n) is 4.89. The molecule has 1 aliphatic heterocycles. The number of hydrogen-bond donors (Lipinski definition) is 1. The number of esters is 1. The van der Waals surface area contributed by atoms with Crippen LogP contribution in [0, 0.1) is 17.3 Å². The van der Waals surface area contributed by atoms with Gasteiger partial charge in [0.05, 0.1) is 25.2 Å². The zero-order chi connectivity index (χ0) is 15.6. The third-order valence-corrected chi connectivity index (χ3v) is 4.89. The Morgan fingerprint density at radius 1 is 1.38 bits per heavy atom. The maximum absolute atomic E-state index is 12.4. The number of amides is 2. The maximum Gasteiger partial charge on any atom is 0.317 e. The molecule has 0 aromatic heterocycles. The van der Waals surface area contributed by atoms with Crippen LogP contribution in [0.4, 0.5) is 4.79 Å². The molecule has 21 heavy (non-hydrogen) atoms. The molecule has 120 valence electrons. The molecule has 0 spiro atoms. The molecule has 6 nitrogen and oxygen atoms in total. The van der Waals surface area contributed by atoms with E-state index in [0.29, 0.717) is 25.6 Å². The summed E-state index contributed by atoms with van der Waals surface area (Å²) in [5.74, 6) is 0.361. The molecule has 2 fully saturated rings. The van der Waals surface area contributed by atoms with Gasteiger partial charge < -0.3 is 19.7 Å². The Labute approximate surface area is 126 Å². The number of likely N-dealkylation sites (tertiary alicyclic amines) is 1. The van der Waals surface area contributed by atoms with Gasteiger partial charge in [0.25, 0.3) is 0 Å². The molecule has 3 atom stereocenters. The molecular formula is C15H26N2O4. The highest BCUT2D eigenvalue weighted by Crippen LogP contribution is 2.37. The molecule has 0 radical (unpaired) electrons. The molecule has 1 saturated heterocycles. The van der Waals surface area contributed by atoms with Crippen LogP contribution < -0.4 is 5.32 Å². The summed E-state index contributed by atoms with van der Waals surface area (Å²) in [7, 11) is 3.04. The predicted molar refractivity (Wildman–Crippen MR) is 77.8 cm³/mol. The smallest absolute Gasteiger partial charge is 0.317 e. The fourth-order valence-electron chi connectivity index (χ4n) is 3.03. The Bertz CT molecular complexity index is 410. The molecule has 0 aromatic rings. The van der Waals surface area contributed by atoms with Crippen molar-refractivity contribution in [2.45, 2.75) is 32.7 Å². The summed E-state index contributed by atoms with van der Waals surface area (Å²) in [6.07, 6.45) is 2.29. The Hall–Kier alpha value is -1.30. The monoisotopic (exact) mass is 298 g/mol. The number of methoxy groups -OCH3 is 2. The number of nitrogens with zero attached hydrogens (tertiary/aromatic N) is 1. The minimum absolute atomic E-state index is 0.0720. The summed E-state index contributed by atoms with van der Waals surface area (Å²) in [5, 5.41) is 3.05. The van der Waals surface area contributed by atoms with E-state index in [9.17, 15) is 9.59 Å². The summed E-state index contributed by atoms with van der Waals surface area (Å²) in [6.45, 7) is 5.36. The van der Waals surface area contributed by atoms with Crippen molar-refractivity contribution in [2.75, 3.05) is 33.9 Å². The first-order chi connectivity index (χ1) is 9.92. The second-order valence-electron chi connectivity index (χ2n) is 6.54. The van der Waals surface area contributed by atoms with Crippen molar-refractivity contribution in [3.05, 3.63) is 0 Å². The SMILES string of the molecule is COC[C@@H](NC(=O)N1C[C@@H](C)[C@](C)(C(=O)OC)C1)C1CC1. The lowest BCUT2D eigenvalue weighted by molar-refractivity contribution is -0.152. The zero-order valence-electron chi connectivity index (χ0n) is 13.3. The molecule has 1 N–H and O–H groups in total. The molecule has 2 rings (SSSR count). The van der Waals surface area contributed by atoms with Crippen molar-refractivity contribution in [3.8, 4) is 0 Å². The number of hydrogen-bond acceptors (Lipinski definition) is 4. The van der Waals surface area contributed by atoms with Gasteiger partial charge in [0.2, 0.25) is 0 Å². The lowest BCUT2D eigenvalue weighted by Gasteiger charge is -2.25. The van der Waals surface area contributed by atoms with Crippen molar-refractivity contribution >= 4 is 12.0 Å². The van der Waals surface area contributed by atoms with E-state index in [1.165, 1.54) is 7.11 Å². The van der Waals surface area contributed by atoms with Crippen molar-refractivity contribution in [3.63, 3.8) is 0 Å². The summed E-state index contributed by atoms with van der Waals surface area (Å²) < 4.78 is 10.1. The van der Waals surface area contributed by atoms with Crippen LogP contribution in [-0.2, 0) is 14.3 Å². The average molecular weight is 298 g/mol. The standard InChI is InChI=1S/C15H26N2O4/c1-10-7-17(9-15(10,2)13(18)21-4)14(19)16-12(8-20-3)11-5-6-11/h10-12H,5-9H2,1-4H3,(H,16,19)/t10-,12-,15-/m1/s1. The fourth-order valence-corrected chi connectivity index (χ4v) is 3.03. The minimum atomic E-state index is -0.623. The summed E-state index contributed by atoms with van der Waals surface area (Å²) in [6, 6.07) is -0.0359. The normalized spacial score (nSPS) is 30.1. The van der Waals surface area contributed by atoms with Crippen LogP contribution in [0.5, 0.6) is 0 Å². The summed E-state index contributed by atoms with van der Waals surface area (Å²) in [5.41, 5.74) is -0.623. The fraction of sp³-hybridized carbons (Fsp3) is 0.867. The highest BCUT2D eigenvalue weighted by molar-refractivity contribution is 5.81. The Morgan fingerprint density at radius 2 is 2.05 bits per heavy atom. The van der Waals surface area contributed by atoms with Gasteiger partial charge in [0, 0.05) is 20.2 Å². The van der Waals surface area contributed by atoms with Gasteiger partial charge in [0.15, 0.2) is 0 Å². The van der Waals surface area contributed by atoms with Crippen molar-refractivity contribution < 1.29 is 19.1 Å². The lowest BCUT2D eigenvalue weighted by Crippen LogP contribution is -2.47. The van der Waals surface area contributed by atoms with Crippen LogP contribution in [-0.4, -0.2) is 56.9 Å². The van der Waals surface area contributed by atoms with Crippen LogP contribution in [0.15, 0.2) is 0 Å². The van der Waals surface area contributed by atoms with Crippen LogP contribution in [0.2, 0.25) is 0 Å². The highest BCUT2D eigenvalue weighted by atomic mass is 16.5. The first-order valence-electron chi connectivity index (χ1n) is 7.55. The van der Waals surface area contributed by atoms with Crippen LogP contribution in [0.1, 0.15) is 26.7 Å². The van der Waals surface area contributed by atoms with Crippen LogP contribution in [0.25, 0.3) is 0 Å². The number of urea groups is 1. The van der Waals surface area contributed by atoms with Gasteiger partial charge >= 0.3 is 12.0 Å². The molecule has 6 heteroatoms. The van der Waals surface area contributed by atoms with Crippen molar-refractivity contribution in [1.82, 2.24) is 10.2 Å². The van der Waals surface area contributed by atoms with E-state index in [2.05, 4.69) is 5.32 Å². The molecule has 0 aromatic carbocycles. The van der Waals surface area contributed by atoms with Gasteiger partial charge in [-0.25, -0.2) is 4.79 Å². The number of rotatable bonds is 5. The second-order valence-corrected chi connectivity index (χ2v) is 6.54. The van der Waals surface area contributed by atoms with Crippen molar-refractivity contribution in [1.29, 1.82) is 0 Å². The van der Waals surface area contributed by atoms with Gasteiger partial charge in [-0.2, -0.15) is 0 Å². The first kappa shape index (κ1) is 16.1. The quantitative estimate of drug-likeness (QED) is 0.776. The Balaban J connectivity index is 1.96. The largest absolute Gasteiger partial charge is 0.469 e. The van der Waals surface area contributed by atoms with E-state index in [1.54, 1.807) is 12.0 Å². The number of carbonyl (C=O) groups excluding carboxylic acids is 2. The molecule has 2 aliphatic rings.